The molecule has 0 saturated carbocycles. The van der Waals surface area contributed by atoms with Crippen LogP contribution in [0.2, 0.25) is 0 Å². The number of likely N-dealkylation sites (tertiary alicyclic amines) is 2. The van der Waals surface area contributed by atoms with E-state index in [4.69, 9.17) is 0 Å². The summed E-state index contributed by atoms with van der Waals surface area (Å²) in [5.74, 6) is 2.04. The fraction of sp³-hybridized carbons (Fsp3) is 0.632. The molecular formula is C19H28N6O. The molecule has 0 unspecified atom stereocenters. The number of H-pyrrole nitrogens is 1. The molecule has 0 radical (unpaired) electrons. The van der Waals surface area contributed by atoms with Gasteiger partial charge in [-0.3, -0.25) is 9.69 Å². The highest BCUT2D eigenvalue weighted by atomic mass is 16.2. The number of imidazole rings is 2. The Bertz CT molecular complexity index is 724. The molecule has 2 saturated heterocycles. The first-order valence-corrected chi connectivity index (χ1v) is 9.73. The maximum atomic E-state index is 12.5. The van der Waals surface area contributed by atoms with Crippen LogP contribution < -0.4 is 0 Å². The number of aromatic amines is 1. The minimum Gasteiger partial charge on any atom is -0.348 e. The number of piperidine rings is 2. The zero-order valence-electron chi connectivity index (χ0n) is 15.5. The van der Waals surface area contributed by atoms with Crippen molar-refractivity contribution < 1.29 is 4.79 Å². The smallest absolute Gasteiger partial charge is 0.222 e. The Morgan fingerprint density at radius 2 is 2.27 bits per heavy atom. The SMILES string of the molecule is CCn1ccnc1CN1CC[C@@H]2[C@@H](CCC(=O)N2CCc2cnc[nH]2)C1. The lowest BCUT2D eigenvalue weighted by molar-refractivity contribution is -0.141. The number of hydrogen-bond acceptors (Lipinski definition) is 4. The number of aromatic nitrogens is 4. The summed E-state index contributed by atoms with van der Waals surface area (Å²) in [7, 11) is 0. The number of amides is 1. The van der Waals surface area contributed by atoms with Gasteiger partial charge in [-0.1, -0.05) is 0 Å². The van der Waals surface area contributed by atoms with Gasteiger partial charge in [0.2, 0.25) is 5.91 Å². The minimum atomic E-state index is 0.320. The first kappa shape index (κ1) is 17.3. The first-order valence-electron chi connectivity index (χ1n) is 9.73. The maximum Gasteiger partial charge on any atom is 0.222 e. The van der Waals surface area contributed by atoms with Crippen molar-refractivity contribution in [2.24, 2.45) is 5.92 Å². The fourth-order valence-electron chi connectivity index (χ4n) is 4.50. The van der Waals surface area contributed by atoms with Crippen molar-refractivity contribution in [1.29, 1.82) is 0 Å². The van der Waals surface area contributed by atoms with Crippen LogP contribution in [0.25, 0.3) is 0 Å². The summed E-state index contributed by atoms with van der Waals surface area (Å²) in [6, 6.07) is 0.390. The Morgan fingerprint density at radius 3 is 3.08 bits per heavy atom. The molecule has 0 aromatic carbocycles. The third-order valence-corrected chi connectivity index (χ3v) is 5.91. The Labute approximate surface area is 154 Å². The standard InChI is InChI=1S/C19H28N6O/c1-2-24-10-7-21-18(24)13-23-8-6-17-15(12-23)3-4-19(26)25(17)9-5-16-11-20-14-22-16/h7,10-11,14-15,17H,2-6,8-9,12-13H2,1H3,(H,20,22)/t15-,17+/m0/s1. The van der Waals surface area contributed by atoms with E-state index in [9.17, 15) is 4.79 Å². The molecule has 4 heterocycles. The molecular weight excluding hydrogens is 328 g/mol. The van der Waals surface area contributed by atoms with Gasteiger partial charge in [0, 0.05) is 69.3 Å². The second-order valence-corrected chi connectivity index (χ2v) is 7.43. The van der Waals surface area contributed by atoms with E-state index in [1.54, 1.807) is 6.33 Å². The van der Waals surface area contributed by atoms with Gasteiger partial charge in [-0.15, -0.1) is 0 Å². The van der Waals surface area contributed by atoms with Crippen LogP contribution in [0.1, 0.15) is 37.7 Å². The average molecular weight is 356 g/mol. The summed E-state index contributed by atoms with van der Waals surface area (Å²) in [4.78, 5) is 28.9. The number of carbonyl (C=O) groups excluding carboxylic acids is 1. The summed E-state index contributed by atoms with van der Waals surface area (Å²) >= 11 is 0. The van der Waals surface area contributed by atoms with E-state index in [0.29, 0.717) is 24.3 Å². The van der Waals surface area contributed by atoms with E-state index in [0.717, 1.165) is 63.5 Å². The molecule has 2 aromatic heterocycles. The molecule has 2 aliphatic rings. The van der Waals surface area contributed by atoms with Crippen LogP contribution >= 0.6 is 0 Å². The van der Waals surface area contributed by atoms with E-state index in [1.807, 2.05) is 12.4 Å². The number of fused-ring (bicyclic) bond motifs is 1. The van der Waals surface area contributed by atoms with E-state index in [1.165, 1.54) is 0 Å². The van der Waals surface area contributed by atoms with Crippen molar-refractivity contribution in [3.05, 3.63) is 36.4 Å². The Balaban J connectivity index is 1.38. The molecule has 0 bridgehead atoms. The summed E-state index contributed by atoms with van der Waals surface area (Å²) in [5.41, 5.74) is 1.10. The summed E-state index contributed by atoms with van der Waals surface area (Å²) < 4.78 is 2.22. The number of hydrogen-bond donors (Lipinski definition) is 1. The largest absolute Gasteiger partial charge is 0.348 e. The highest BCUT2D eigenvalue weighted by Gasteiger charge is 2.39. The van der Waals surface area contributed by atoms with Gasteiger partial charge in [0.15, 0.2) is 0 Å². The van der Waals surface area contributed by atoms with Crippen LogP contribution in [0.4, 0.5) is 0 Å². The minimum absolute atomic E-state index is 0.320. The second kappa shape index (κ2) is 7.61. The number of aryl methyl sites for hydroxylation is 1. The lowest BCUT2D eigenvalue weighted by Gasteiger charge is -2.47. The fourth-order valence-corrected chi connectivity index (χ4v) is 4.50. The van der Waals surface area contributed by atoms with Crippen LogP contribution in [-0.2, 0) is 24.3 Å². The van der Waals surface area contributed by atoms with Crippen LogP contribution in [0.5, 0.6) is 0 Å². The molecule has 26 heavy (non-hydrogen) atoms. The molecule has 2 aromatic rings. The zero-order valence-corrected chi connectivity index (χ0v) is 15.5. The topological polar surface area (TPSA) is 70.1 Å². The van der Waals surface area contributed by atoms with E-state index >= 15 is 0 Å². The van der Waals surface area contributed by atoms with E-state index in [2.05, 4.69) is 42.4 Å². The third-order valence-electron chi connectivity index (χ3n) is 5.91. The van der Waals surface area contributed by atoms with Crippen molar-refractivity contribution in [2.45, 2.75) is 51.7 Å². The quantitative estimate of drug-likeness (QED) is 0.855. The average Bonchev–Trinajstić information content (AvgIpc) is 3.32. The molecule has 2 fully saturated rings. The molecule has 7 nitrogen and oxygen atoms in total. The van der Waals surface area contributed by atoms with Crippen molar-refractivity contribution >= 4 is 5.91 Å². The van der Waals surface area contributed by atoms with Crippen molar-refractivity contribution in [3.8, 4) is 0 Å². The van der Waals surface area contributed by atoms with Gasteiger partial charge in [0.1, 0.15) is 5.82 Å². The molecule has 7 heteroatoms. The van der Waals surface area contributed by atoms with Gasteiger partial charge in [0.25, 0.3) is 0 Å². The summed E-state index contributed by atoms with van der Waals surface area (Å²) in [6.07, 6.45) is 11.1. The molecule has 140 valence electrons. The second-order valence-electron chi connectivity index (χ2n) is 7.43. The molecule has 2 aliphatic heterocycles. The molecule has 1 N–H and O–H groups in total. The zero-order chi connectivity index (χ0) is 17.9. The lowest BCUT2D eigenvalue weighted by Crippen LogP contribution is -2.56. The lowest BCUT2D eigenvalue weighted by atomic mass is 9.83. The van der Waals surface area contributed by atoms with Gasteiger partial charge in [-0.2, -0.15) is 0 Å². The number of rotatable bonds is 6. The highest BCUT2D eigenvalue weighted by Crippen LogP contribution is 2.31. The monoisotopic (exact) mass is 356 g/mol. The summed E-state index contributed by atoms with van der Waals surface area (Å²) in [5, 5.41) is 0. The first-order chi connectivity index (χ1) is 12.7. The number of nitrogens with zero attached hydrogens (tertiary/aromatic N) is 5. The van der Waals surface area contributed by atoms with E-state index < -0.39 is 0 Å². The van der Waals surface area contributed by atoms with Gasteiger partial charge >= 0.3 is 0 Å². The van der Waals surface area contributed by atoms with Crippen molar-refractivity contribution in [3.63, 3.8) is 0 Å². The van der Waals surface area contributed by atoms with Crippen LogP contribution in [0, 0.1) is 5.92 Å². The molecule has 0 spiro atoms. The predicted octanol–water partition coefficient (Wildman–Crippen LogP) is 1.68. The van der Waals surface area contributed by atoms with Gasteiger partial charge in [-0.05, 0) is 25.7 Å². The Hall–Kier alpha value is -2.15. The maximum absolute atomic E-state index is 12.5. The van der Waals surface area contributed by atoms with Crippen LogP contribution in [0.3, 0.4) is 0 Å². The van der Waals surface area contributed by atoms with E-state index in [-0.39, 0.29) is 0 Å². The van der Waals surface area contributed by atoms with Crippen molar-refractivity contribution in [1.82, 2.24) is 29.3 Å². The highest BCUT2D eigenvalue weighted by molar-refractivity contribution is 5.77. The van der Waals surface area contributed by atoms with Gasteiger partial charge < -0.3 is 14.5 Å². The number of carbonyl (C=O) groups is 1. The Morgan fingerprint density at radius 1 is 1.35 bits per heavy atom. The number of nitrogens with one attached hydrogen (secondary N) is 1. The Kier molecular flexibility index (Phi) is 5.06. The van der Waals surface area contributed by atoms with Crippen molar-refractivity contribution in [2.75, 3.05) is 19.6 Å². The predicted molar refractivity (Wildman–Crippen MR) is 98.3 cm³/mol. The van der Waals surface area contributed by atoms with Crippen LogP contribution in [0.15, 0.2) is 24.9 Å². The van der Waals surface area contributed by atoms with Gasteiger partial charge in [0.05, 0.1) is 12.9 Å². The van der Waals surface area contributed by atoms with Crippen LogP contribution in [-0.4, -0.2) is 60.9 Å². The molecule has 1 amide bonds. The molecule has 0 aliphatic carbocycles. The summed E-state index contributed by atoms with van der Waals surface area (Å²) in [6.45, 7) is 6.92. The molecule has 4 rings (SSSR count). The third kappa shape index (κ3) is 3.53. The normalized spacial score (nSPS) is 24.0. The van der Waals surface area contributed by atoms with Gasteiger partial charge in [-0.25, -0.2) is 9.97 Å². The molecule has 2 atom stereocenters.